The molecule has 0 unspecified atom stereocenters. The average molecular weight is 504 g/mol. The Labute approximate surface area is 217 Å². The van der Waals surface area contributed by atoms with Crippen molar-refractivity contribution in [2.45, 2.75) is 57.3 Å². The predicted octanol–water partition coefficient (Wildman–Crippen LogP) is 4.29. The summed E-state index contributed by atoms with van der Waals surface area (Å²) in [7, 11) is 1.96. The van der Waals surface area contributed by atoms with Gasteiger partial charge in [0, 0.05) is 49.3 Å². The molecule has 0 aliphatic carbocycles. The van der Waals surface area contributed by atoms with Crippen LogP contribution in [0.1, 0.15) is 64.2 Å². The second-order valence-corrected chi connectivity index (χ2v) is 10.9. The fraction of sp³-hybridized carbons (Fsp3) is 0.483. The van der Waals surface area contributed by atoms with Crippen molar-refractivity contribution < 1.29 is 13.9 Å². The Kier molecular flexibility index (Phi) is 6.12. The van der Waals surface area contributed by atoms with E-state index in [0.717, 1.165) is 58.7 Å². The van der Waals surface area contributed by atoms with E-state index in [4.69, 9.17) is 4.74 Å². The smallest absolute Gasteiger partial charge is 0.258 e. The lowest BCUT2D eigenvalue weighted by atomic mass is 9.75. The SMILES string of the molecule is CC[C@@H](c1cc(C)c2c(c1)C(=O)N(c1cccc(C3(Cc4nncn4C)COC3)c1)C2)N1CC[C@H](F)C1. The lowest BCUT2D eigenvalue weighted by Gasteiger charge is -2.42. The Morgan fingerprint density at radius 2 is 2.08 bits per heavy atom. The first-order chi connectivity index (χ1) is 17.9. The molecule has 0 saturated carbocycles. The number of benzene rings is 2. The molecular formula is C29H34FN5O2. The molecule has 3 aliphatic heterocycles. The van der Waals surface area contributed by atoms with Gasteiger partial charge in [-0.25, -0.2) is 4.39 Å². The van der Waals surface area contributed by atoms with Gasteiger partial charge < -0.3 is 14.2 Å². The zero-order chi connectivity index (χ0) is 25.7. The second kappa shape index (κ2) is 9.33. The largest absolute Gasteiger partial charge is 0.379 e. The minimum Gasteiger partial charge on any atom is -0.379 e. The number of aromatic nitrogens is 3. The van der Waals surface area contributed by atoms with E-state index in [2.05, 4.69) is 53.2 Å². The maximum atomic E-state index is 13.9. The molecular weight excluding hydrogens is 469 g/mol. The molecule has 194 valence electrons. The molecule has 7 nitrogen and oxygen atoms in total. The number of anilines is 1. The topological polar surface area (TPSA) is 63.5 Å². The molecule has 1 amide bonds. The summed E-state index contributed by atoms with van der Waals surface area (Å²) >= 11 is 0. The van der Waals surface area contributed by atoms with Gasteiger partial charge in [0.15, 0.2) is 0 Å². The minimum absolute atomic E-state index is 0.0314. The summed E-state index contributed by atoms with van der Waals surface area (Å²) in [5, 5.41) is 8.32. The third-order valence-corrected chi connectivity index (χ3v) is 8.49. The first-order valence-corrected chi connectivity index (χ1v) is 13.2. The van der Waals surface area contributed by atoms with Crippen LogP contribution in [0.25, 0.3) is 0 Å². The van der Waals surface area contributed by atoms with E-state index in [9.17, 15) is 9.18 Å². The van der Waals surface area contributed by atoms with Crippen molar-refractivity contribution in [1.29, 1.82) is 0 Å². The molecule has 1 aromatic heterocycles. The number of carbonyl (C=O) groups is 1. The van der Waals surface area contributed by atoms with Crippen LogP contribution in [0.5, 0.6) is 0 Å². The maximum Gasteiger partial charge on any atom is 0.258 e. The number of nitrogens with zero attached hydrogens (tertiary/aromatic N) is 5. The fourth-order valence-corrected chi connectivity index (χ4v) is 6.25. The number of rotatable bonds is 7. The first-order valence-electron chi connectivity index (χ1n) is 13.2. The summed E-state index contributed by atoms with van der Waals surface area (Å²) in [5.74, 6) is 0.952. The van der Waals surface area contributed by atoms with E-state index in [0.29, 0.717) is 32.7 Å². The van der Waals surface area contributed by atoms with Crippen LogP contribution in [0.15, 0.2) is 42.7 Å². The minimum atomic E-state index is -0.757. The zero-order valence-electron chi connectivity index (χ0n) is 21.8. The van der Waals surface area contributed by atoms with E-state index in [1.54, 1.807) is 6.33 Å². The molecule has 2 atom stereocenters. The number of amides is 1. The third kappa shape index (κ3) is 4.16. The lowest BCUT2D eigenvalue weighted by Crippen LogP contribution is -2.49. The van der Waals surface area contributed by atoms with E-state index >= 15 is 0 Å². The van der Waals surface area contributed by atoms with Crippen molar-refractivity contribution in [3.05, 3.63) is 76.4 Å². The van der Waals surface area contributed by atoms with Crippen molar-refractivity contribution in [2.75, 3.05) is 31.2 Å². The van der Waals surface area contributed by atoms with Crippen molar-refractivity contribution in [3.8, 4) is 0 Å². The molecule has 3 aromatic rings. The molecule has 0 N–H and O–H groups in total. The van der Waals surface area contributed by atoms with Crippen LogP contribution in [-0.2, 0) is 30.2 Å². The van der Waals surface area contributed by atoms with E-state index in [1.807, 2.05) is 28.6 Å². The van der Waals surface area contributed by atoms with E-state index in [1.165, 1.54) is 0 Å². The summed E-state index contributed by atoms with van der Waals surface area (Å²) in [5.41, 5.74) is 5.98. The number of fused-ring (bicyclic) bond motifs is 1. The average Bonchev–Trinajstić information content (AvgIpc) is 3.56. The number of carbonyl (C=O) groups excluding carboxylic acids is 1. The van der Waals surface area contributed by atoms with E-state index < -0.39 is 6.17 Å². The Hall–Kier alpha value is -3.10. The van der Waals surface area contributed by atoms with Crippen LogP contribution in [-0.4, -0.2) is 58.0 Å². The number of ether oxygens (including phenoxy) is 1. The highest BCUT2D eigenvalue weighted by Gasteiger charge is 2.42. The van der Waals surface area contributed by atoms with Gasteiger partial charge >= 0.3 is 0 Å². The van der Waals surface area contributed by atoms with E-state index in [-0.39, 0.29) is 17.4 Å². The van der Waals surface area contributed by atoms with Crippen LogP contribution in [0.3, 0.4) is 0 Å². The van der Waals surface area contributed by atoms with Gasteiger partial charge in [0.2, 0.25) is 0 Å². The van der Waals surface area contributed by atoms with Gasteiger partial charge in [0.1, 0.15) is 18.3 Å². The Morgan fingerprint density at radius 1 is 1.24 bits per heavy atom. The fourth-order valence-electron chi connectivity index (χ4n) is 6.25. The highest BCUT2D eigenvalue weighted by atomic mass is 19.1. The summed E-state index contributed by atoms with van der Waals surface area (Å²) in [6, 6.07) is 12.7. The predicted molar refractivity (Wildman–Crippen MR) is 139 cm³/mol. The van der Waals surface area contributed by atoms with Gasteiger partial charge in [-0.15, -0.1) is 10.2 Å². The zero-order valence-corrected chi connectivity index (χ0v) is 21.8. The van der Waals surface area contributed by atoms with Crippen molar-refractivity contribution >= 4 is 11.6 Å². The maximum absolute atomic E-state index is 13.9. The number of likely N-dealkylation sites (tertiary alicyclic amines) is 1. The molecule has 0 bridgehead atoms. The Morgan fingerprint density at radius 3 is 2.73 bits per heavy atom. The summed E-state index contributed by atoms with van der Waals surface area (Å²) in [6.45, 7) is 7.27. The van der Waals surface area contributed by atoms with Crippen LogP contribution < -0.4 is 4.90 Å². The number of aryl methyl sites for hydroxylation is 2. The molecule has 0 spiro atoms. The molecule has 6 rings (SSSR count). The quantitative estimate of drug-likeness (QED) is 0.481. The number of alkyl halides is 1. The van der Waals surface area contributed by atoms with Crippen LogP contribution in [0.4, 0.5) is 10.1 Å². The Bertz CT molecular complexity index is 1330. The van der Waals surface area contributed by atoms with Gasteiger partial charge in [0.05, 0.1) is 19.8 Å². The summed E-state index contributed by atoms with van der Waals surface area (Å²) in [4.78, 5) is 17.8. The Balaban J connectivity index is 1.28. The lowest BCUT2D eigenvalue weighted by molar-refractivity contribution is -0.0611. The molecule has 37 heavy (non-hydrogen) atoms. The van der Waals surface area contributed by atoms with Crippen molar-refractivity contribution in [2.24, 2.45) is 7.05 Å². The van der Waals surface area contributed by atoms with Crippen LogP contribution >= 0.6 is 0 Å². The molecule has 4 heterocycles. The first kappa shape index (κ1) is 24.2. The van der Waals surface area contributed by atoms with Gasteiger partial charge in [-0.3, -0.25) is 9.69 Å². The van der Waals surface area contributed by atoms with Gasteiger partial charge in [-0.2, -0.15) is 0 Å². The highest BCUT2D eigenvalue weighted by molar-refractivity contribution is 6.10. The molecule has 2 aromatic carbocycles. The summed E-state index contributed by atoms with van der Waals surface area (Å²) < 4.78 is 21.6. The van der Waals surface area contributed by atoms with Crippen LogP contribution in [0, 0.1) is 6.92 Å². The number of hydrogen-bond acceptors (Lipinski definition) is 5. The molecule has 3 aliphatic rings. The van der Waals surface area contributed by atoms with Crippen molar-refractivity contribution in [1.82, 2.24) is 19.7 Å². The van der Waals surface area contributed by atoms with Gasteiger partial charge in [-0.05, 0) is 60.2 Å². The van der Waals surface area contributed by atoms with Crippen molar-refractivity contribution in [3.63, 3.8) is 0 Å². The summed E-state index contributed by atoms with van der Waals surface area (Å²) in [6.07, 6.45) is 3.18. The second-order valence-electron chi connectivity index (χ2n) is 10.9. The monoisotopic (exact) mass is 503 g/mol. The van der Waals surface area contributed by atoms with Gasteiger partial charge in [-0.1, -0.05) is 25.1 Å². The third-order valence-electron chi connectivity index (χ3n) is 8.49. The van der Waals surface area contributed by atoms with Crippen LogP contribution in [0.2, 0.25) is 0 Å². The number of halogens is 1. The molecule has 0 radical (unpaired) electrons. The molecule has 8 heteroatoms. The number of hydrogen-bond donors (Lipinski definition) is 0. The normalized spacial score (nSPS) is 21.8. The van der Waals surface area contributed by atoms with Gasteiger partial charge in [0.25, 0.3) is 5.91 Å². The standard InChI is InChI=1S/C29H34FN5O2/c1-4-26(34-9-8-22(30)14-34)20-10-19(2)25-15-35(28(36)24(25)11-20)23-7-5-6-21(12-23)29(16-37-17-29)13-27-32-31-18-33(27)3/h5-7,10-12,18,22,26H,4,8-9,13-17H2,1-3H3/t22-,26-/m0/s1. The highest BCUT2D eigenvalue weighted by Crippen LogP contribution is 2.40. The molecule has 2 saturated heterocycles. The molecule has 2 fully saturated rings.